The fraction of sp³-hybridized carbons (Fsp3) is 1.00. The Hall–Kier alpha value is -0.290. The fourth-order valence-electron chi connectivity index (χ4n) is 0.882. The molecule has 5 heteroatoms. The van der Waals surface area contributed by atoms with Crippen LogP contribution in [0.5, 0.6) is 0 Å². The maximum absolute atomic E-state index is 12.0. The van der Waals surface area contributed by atoms with Gasteiger partial charge in [0.15, 0.2) is 6.10 Å². The highest BCUT2D eigenvalue weighted by atomic mass is 19.4. The normalized spacial score (nSPS) is 17.1. The highest BCUT2D eigenvalue weighted by molar-refractivity contribution is 4.66. The van der Waals surface area contributed by atoms with E-state index in [1.54, 1.807) is 14.0 Å². The van der Waals surface area contributed by atoms with Gasteiger partial charge in [-0.05, 0) is 20.4 Å². The molecule has 0 bridgehead atoms. The Kier molecular flexibility index (Phi) is 5.32. The van der Waals surface area contributed by atoms with E-state index in [9.17, 15) is 13.2 Å². The molecule has 0 aliphatic heterocycles. The summed E-state index contributed by atoms with van der Waals surface area (Å²) in [4.78, 5) is 0. The van der Waals surface area contributed by atoms with Crippen LogP contribution in [0.3, 0.4) is 0 Å². The van der Waals surface area contributed by atoms with Crippen molar-refractivity contribution < 1.29 is 17.9 Å². The summed E-state index contributed by atoms with van der Waals surface area (Å²) in [5.74, 6) is 0. The van der Waals surface area contributed by atoms with Gasteiger partial charge in [0.25, 0.3) is 0 Å². The summed E-state index contributed by atoms with van der Waals surface area (Å²) in [7, 11) is 1.68. The first-order valence-electron chi connectivity index (χ1n) is 4.28. The maximum Gasteiger partial charge on any atom is 0.414 e. The third-order valence-electron chi connectivity index (χ3n) is 1.74. The van der Waals surface area contributed by atoms with Gasteiger partial charge in [0.05, 0.1) is 6.10 Å². The number of hydrogen-bond donors (Lipinski definition) is 1. The van der Waals surface area contributed by atoms with Crippen LogP contribution in [0.25, 0.3) is 0 Å². The molecule has 0 aliphatic carbocycles. The monoisotopic (exact) mass is 199 g/mol. The summed E-state index contributed by atoms with van der Waals surface area (Å²) in [6, 6.07) is 0. The molecule has 0 fully saturated rings. The molecule has 0 saturated carbocycles. The molecule has 0 spiro atoms. The van der Waals surface area contributed by atoms with E-state index in [4.69, 9.17) is 4.74 Å². The Labute approximate surface area is 76.5 Å². The predicted molar refractivity (Wildman–Crippen MR) is 44.6 cm³/mol. The number of hydrogen-bond acceptors (Lipinski definition) is 2. The van der Waals surface area contributed by atoms with Crippen molar-refractivity contribution in [2.75, 3.05) is 13.6 Å². The molecule has 0 aromatic carbocycles. The van der Waals surface area contributed by atoms with E-state index < -0.39 is 12.3 Å². The molecule has 1 N–H and O–H groups in total. The van der Waals surface area contributed by atoms with Crippen molar-refractivity contribution in [3.63, 3.8) is 0 Å². The zero-order chi connectivity index (χ0) is 10.5. The van der Waals surface area contributed by atoms with Gasteiger partial charge in [0.2, 0.25) is 0 Å². The first kappa shape index (κ1) is 12.7. The van der Waals surface area contributed by atoms with Crippen LogP contribution in [0.1, 0.15) is 20.3 Å². The number of halogens is 3. The molecular weight excluding hydrogens is 183 g/mol. The number of ether oxygens (including phenoxy) is 1. The smallest absolute Gasteiger partial charge is 0.365 e. The largest absolute Gasteiger partial charge is 0.414 e. The molecule has 13 heavy (non-hydrogen) atoms. The molecule has 0 aliphatic rings. The molecule has 2 atom stereocenters. The van der Waals surface area contributed by atoms with Crippen molar-refractivity contribution >= 4 is 0 Å². The van der Waals surface area contributed by atoms with E-state index in [1.165, 1.54) is 0 Å². The molecule has 0 amide bonds. The van der Waals surface area contributed by atoms with E-state index >= 15 is 0 Å². The van der Waals surface area contributed by atoms with Crippen molar-refractivity contribution in [1.29, 1.82) is 0 Å². The Balaban J connectivity index is 3.93. The Bertz CT molecular complexity index is 138. The third-order valence-corrected chi connectivity index (χ3v) is 1.74. The van der Waals surface area contributed by atoms with Gasteiger partial charge in [-0.25, -0.2) is 0 Å². The molecule has 0 rings (SSSR count). The van der Waals surface area contributed by atoms with Gasteiger partial charge in [-0.15, -0.1) is 0 Å². The molecular formula is C8H16F3NO. The minimum atomic E-state index is -4.26. The molecule has 0 aromatic rings. The second-order valence-corrected chi connectivity index (χ2v) is 2.91. The van der Waals surface area contributed by atoms with E-state index in [0.717, 1.165) is 6.92 Å². The van der Waals surface area contributed by atoms with Crippen molar-refractivity contribution in [2.24, 2.45) is 0 Å². The van der Waals surface area contributed by atoms with Gasteiger partial charge in [-0.3, -0.25) is 0 Å². The van der Waals surface area contributed by atoms with Gasteiger partial charge < -0.3 is 10.1 Å². The summed E-state index contributed by atoms with van der Waals surface area (Å²) in [6.45, 7) is 3.26. The van der Waals surface area contributed by atoms with Gasteiger partial charge in [0.1, 0.15) is 0 Å². The summed E-state index contributed by atoms with van der Waals surface area (Å²) < 4.78 is 40.9. The number of likely N-dealkylation sites (N-methyl/N-ethyl adjacent to an activating group) is 1. The molecule has 0 aromatic heterocycles. The lowest BCUT2D eigenvalue weighted by Gasteiger charge is -2.22. The number of alkyl halides is 3. The summed E-state index contributed by atoms with van der Waals surface area (Å²) in [5.41, 5.74) is 0. The van der Waals surface area contributed by atoms with Crippen LogP contribution >= 0.6 is 0 Å². The lowest BCUT2D eigenvalue weighted by molar-refractivity contribution is -0.226. The first-order valence-corrected chi connectivity index (χ1v) is 4.28. The zero-order valence-electron chi connectivity index (χ0n) is 8.11. The van der Waals surface area contributed by atoms with Crippen LogP contribution < -0.4 is 5.32 Å². The molecule has 2 unspecified atom stereocenters. The minimum Gasteiger partial charge on any atom is -0.365 e. The number of nitrogens with one attached hydrogen (secondary N) is 1. The first-order chi connectivity index (χ1) is 5.91. The van der Waals surface area contributed by atoms with Crippen molar-refractivity contribution in [3.05, 3.63) is 0 Å². The van der Waals surface area contributed by atoms with Crippen LogP contribution in [0.4, 0.5) is 13.2 Å². The summed E-state index contributed by atoms with van der Waals surface area (Å²) >= 11 is 0. The second-order valence-electron chi connectivity index (χ2n) is 2.91. The van der Waals surface area contributed by atoms with Crippen LogP contribution in [-0.4, -0.2) is 32.0 Å². The van der Waals surface area contributed by atoms with E-state index in [0.29, 0.717) is 13.0 Å². The molecule has 0 saturated heterocycles. The van der Waals surface area contributed by atoms with Crippen LogP contribution in [0, 0.1) is 0 Å². The Morgan fingerprint density at radius 1 is 1.38 bits per heavy atom. The highest BCUT2D eigenvalue weighted by Crippen LogP contribution is 2.23. The second kappa shape index (κ2) is 5.44. The lowest BCUT2D eigenvalue weighted by atomic mass is 10.2. The molecule has 2 nitrogen and oxygen atoms in total. The van der Waals surface area contributed by atoms with E-state index in [2.05, 4.69) is 5.32 Å². The maximum atomic E-state index is 12.0. The van der Waals surface area contributed by atoms with Gasteiger partial charge in [-0.2, -0.15) is 13.2 Å². The van der Waals surface area contributed by atoms with Gasteiger partial charge in [0, 0.05) is 6.54 Å². The lowest BCUT2D eigenvalue weighted by Crippen LogP contribution is -2.36. The van der Waals surface area contributed by atoms with Crippen LogP contribution in [0.15, 0.2) is 0 Å². The van der Waals surface area contributed by atoms with Crippen LogP contribution in [-0.2, 0) is 4.74 Å². The third kappa shape index (κ3) is 5.10. The van der Waals surface area contributed by atoms with E-state index in [1.807, 2.05) is 0 Å². The number of rotatable bonds is 5. The standard InChI is InChI=1S/C8H16F3NO/c1-4-7(5-12-3)13-6(2)8(9,10)11/h6-7,12H,4-5H2,1-3H3. The predicted octanol–water partition coefficient (Wildman–Crippen LogP) is 1.95. The molecule has 80 valence electrons. The topological polar surface area (TPSA) is 21.3 Å². The minimum absolute atomic E-state index is 0.373. The zero-order valence-corrected chi connectivity index (χ0v) is 8.11. The van der Waals surface area contributed by atoms with Crippen LogP contribution in [0.2, 0.25) is 0 Å². The van der Waals surface area contributed by atoms with Crippen molar-refractivity contribution in [3.8, 4) is 0 Å². The molecule has 0 heterocycles. The van der Waals surface area contributed by atoms with E-state index in [-0.39, 0.29) is 6.10 Å². The SMILES string of the molecule is CCC(CNC)OC(C)C(F)(F)F. The van der Waals surface area contributed by atoms with Gasteiger partial charge in [-0.1, -0.05) is 6.92 Å². The Morgan fingerprint density at radius 2 is 1.92 bits per heavy atom. The quantitative estimate of drug-likeness (QED) is 0.730. The summed E-state index contributed by atoms with van der Waals surface area (Å²) in [5, 5.41) is 2.78. The van der Waals surface area contributed by atoms with Crippen molar-refractivity contribution in [1.82, 2.24) is 5.32 Å². The van der Waals surface area contributed by atoms with Gasteiger partial charge >= 0.3 is 6.18 Å². The molecule has 0 radical (unpaired) electrons. The highest BCUT2D eigenvalue weighted by Gasteiger charge is 2.38. The average molecular weight is 199 g/mol. The summed E-state index contributed by atoms with van der Waals surface area (Å²) in [6.07, 6.45) is -5.75. The van der Waals surface area contributed by atoms with Crippen molar-refractivity contribution in [2.45, 2.75) is 38.7 Å². The fourth-order valence-corrected chi connectivity index (χ4v) is 0.882. The average Bonchev–Trinajstić information content (AvgIpc) is 2.01. The Morgan fingerprint density at radius 3 is 2.23 bits per heavy atom.